The Bertz CT molecular complexity index is 323. The summed E-state index contributed by atoms with van der Waals surface area (Å²) in [7, 11) is 0. The van der Waals surface area contributed by atoms with Gasteiger partial charge in [0.05, 0.1) is 11.6 Å². The van der Waals surface area contributed by atoms with Gasteiger partial charge in [0.15, 0.2) is 0 Å². The lowest BCUT2D eigenvalue weighted by molar-refractivity contribution is 1.48. The van der Waals surface area contributed by atoms with E-state index in [1.54, 1.807) is 6.07 Å². The summed E-state index contributed by atoms with van der Waals surface area (Å²) in [6, 6.07) is 9.56. The Morgan fingerprint density at radius 1 is 1.50 bits per heavy atom. The number of hydrogen-bond acceptors (Lipinski definition) is 2. The second kappa shape index (κ2) is 4.63. The van der Waals surface area contributed by atoms with Crippen LogP contribution in [-0.2, 0) is 0 Å². The molecule has 1 nitrogen and oxygen atoms in total. The summed E-state index contributed by atoms with van der Waals surface area (Å²) in [6.45, 7) is 0. The van der Waals surface area contributed by atoms with Crippen molar-refractivity contribution in [3.8, 4) is 6.07 Å². The van der Waals surface area contributed by atoms with E-state index in [4.69, 9.17) is 5.26 Å². The molecule has 0 radical (unpaired) electrons. The third-order valence-electron chi connectivity index (χ3n) is 1.43. The van der Waals surface area contributed by atoms with Crippen molar-refractivity contribution in [3.63, 3.8) is 0 Å². The van der Waals surface area contributed by atoms with Crippen LogP contribution < -0.4 is 0 Å². The average molecular weight is 175 g/mol. The Kier molecular flexibility index (Phi) is 3.43. The van der Waals surface area contributed by atoms with Gasteiger partial charge in [-0.25, -0.2) is 0 Å². The van der Waals surface area contributed by atoms with E-state index < -0.39 is 0 Å². The Hall–Kier alpha value is -1.20. The van der Waals surface area contributed by atoms with Crippen molar-refractivity contribution >= 4 is 18.7 Å². The number of rotatable bonds is 2. The van der Waals surface area contributed by atoms with Crippen LogP contribution in [0, 0.1) is 11.3 Å². The molecule has 1 rings (SSSR count). The molecule has 0 heterocycles. The third kappa shape index (κ3) is 2.44. The average Bonchev–Trinajstić information content (AvgIpc) is 2.15. The summed E-state index contributed by atoms with van der Waals surface area (Å²) in [5, 5.41) is 8.60. The standard InChI is InChI=1S/C10H9NS/c11-8-10-4-1-3-9(7-10)5-2-6-12/h1-5,7,12H,6H2. The highest BCUT2D eigenvalue weighted by Crippen LogP contribution is 2.05. The minimum atomic E-state index is 0.691. The summed E-state index contributed by atoms with van der Waals surface area (Å²) >= 11 is 4.05. The Labute approximate surface area is 77.7 Å². The molecule has 0 aromatic heterocycles. The molecule has 0 spiro atoms. The van der Waals surface area contributed by atoms with E-state index in [0.29, 0.717) is 5.56 Å². The Morgan fingerprint density at radius 3 is 3.00 bits per heavy atom. The van der Waals surface area contributed by atoms with Gasteiger partial charge in [0.1, 0.15) is 0 Å². The molecule has 0 atom stereocenters. The maximum Gasteiger partial charge on any atom is 0.0991 e. The Morgan fingerprint density at radius 2 is 2.33 bits per heavy atom. The fourth-order valence-corrected chi connectivity index (χ4v) is 1.01. The zero-order valence-corrected chi connectivity index (χ0v) is 7.46. The number of benzene rings is 1. The first kappa shape index (κ1) is 8.89. The maximum atomic E-state index is 8.60. The second-order valence-corrected chi connectivity index (χ2v) is 2.69. The molecular formula is C10H9NS. The van der Waals surface area contributed by atoms with Gasteiger partial charge in [0.25, 0.3) is 0 Å². The highest BCUT2D eigenvalue weighted by atomic mass is 32.1. The van der Waals surface area contributed by atoms with Crippen molar-refractivity contribution in [1.29, 1.82) is 5.26 Å². The smallest absolute Gasteiger partial charge is 0.0991 e. The van der Waals surface area contributed by atoms with Gasteiger partial charge in [-0.05, 0) is 17.7 Å². The van der Waals surface area contributed by atoms with Crippen LogP contribution in [0.1, 0.15) is 11.1 Å². The zero-order valence-electron chi connectivity index (χ0n) is 6.57. The van der Waals surface area contributed by atoms with Gasteiger partial charge in [0.2, 0.25) is 0 Å². The summed E-state index contributed by atoms with van der Waals surface area (Å²) in [6.07, 6.45) is 3.90. The van der Waals surface area contributed by atoms with E-state index in [1.165, 1.54) is 0 Å². The lowest BCUT2D eigenvalue weighted by Gasteiger charge is -1.92. The molecule has 0 saturated heterocycles. The van der Waals surface area contributed by atoms with Gasteiger partial charge in [-0.1, -0.05) is 24.3 Å². The van der Waals surface area contributed by atoms with Crippen LogP contribution in [0.15, 0.2) is 30.3 Å². The van der Waals surface area contributed by atoms with Gasteiger partial charge < -0.3 is 0 Å². The normalized spacial score (nSPS) is 10.0. The summed E-state index contributed by atoms with van der Waals surface area (Å²) in [5.41, 5.74) is 1.74. The van der Waals surface area contributed by atoms with Crippen LogP contribution in [0.5, 0.6) is 0 Å². The number of hydrogen-bond donors (Lipinski definition) is 1. The van der Waals surface area contributed by atoms with E-state index in [1.807, 2.05) is 30.4 Å². The SMILES string of the molecule is N#Cc1cccc(C=CCS)c1. The van der Waals surface area contributed by atoms with Gasteiger partial charge in [-0.2, -0.15) is 17.9 Å². The molecule has 0 aliphatic carbocycles. The summed E-state index contributed by atoms with van der Waals surface area (Å²) < 4.78 is 0. The topological polar surface area (TPSA) is 23.8 Å². The first-order valence-electron chi connectivity index (χ1n) is 3.64. The van der Waals surface area contributed by atoms with Crippen molar-refractivity contribution in [2.75, 3.05) is 5.75 Å². The molecule has 60 valence electrons. The predicted octanol–water partition coefficient (Wildman–Crippen LogP) is 2.50. The molecule has 0 saturated carbocycles. The van der Waals surface area contributed by atoms with Crippen LogP contribution in [0.3, 0.4) is 0 Å². The van der Waals surface area contributed by atoms with Crippen molar-refractivity contribution in [1.82, 2.24) is 0 Å². The van der Waals surface area contributed by atoms with Gasteiger partial charge in [0, 0.05) is 5.75 Å². The van der Waals surface area contributed by atoms with Crippen molar-refractivity contribution in [2.24, 2.45) is 0 Å². The molecule has 0 bridgehead atoms. The van der Waals surface area contributed by atoms with E-state index in [0.717, 1.165) is 11.3 Å². The van der Waals surface area contributed by atoms with E-state index in [9.17, 15) is 0 Å². The van der Waals surface area contributed by atoms with Crippen molar-refractivity contribution < 1.29 is 0 Å². The highest BCUT2D eigenvalue weighted by Gasteiger charge is 1.89. The second-order valence-electron chi connectivity index (χ2n) is 2.32. The lowest BCUT2D eigenvalue weighted by atomic mass is 10.1. The molecule has 0 N–H and O–H groups in total. The molecule has 0 fully saturated rings. The van der Waals surface area contributed by atoms with Gasteiger partial charge >= 0.3 is 0 Å². The lowest BCUT2D eigenvalue weighted by Crippen LogP contribution is -1.75. The Balaban J connectivity index is 2.88. The molecule has 0 unspecified atom stereocenters. The minimum absolute atomic E-state index is 0.691. The van der Waals surface area contributed by atoms with Gasteiger partial charge in [-0.15, -0.1) is 0 Å². The van der Waals surface area contributed by atoms with Crippen LogP contribution in [0.25, 0.3) is 6.08 Å². The number of nitrogens with zero attached hydrogens (tertiary/aromatic N) is 1. The fourth-order valence-electron chi connectivity index (χ4n) is 0.901. The van der Waals surface area contributed by atoms with Crippen LogP contribution in [0.4, 0.5) is 0 Å². The van der Waals surface area contributed by atoms with E-state index >= 15 is 0 Å². The first-order chi connectivity index (χ1) is 5.86. The molecule has 12 heavy (non-hydrogen) atoms. The molecule has 0 aliphatic rings. The van der Waals surface area contributed by atoms with E-state index in [-0.39, 0.29) is 0 Å². The van der Waals surface area contributed by atoms with Crippen LogP contribution in [-0.4, -0.2) is 5.75 Å². The molecule has 2 heteroatoms. The quantitative estimate of drug-likeness (QED) is 0.686. The fraction of sp³-hybridized carbons (Fsp3) is 0.100. The highest BCUT2D eigenvalue weighted by molar-refractivity contribution is 7.80. The maximum absolute atomic E-state index is 8.60. The minimum Gasteiger partial charge on any atom is -0.192 e. The molecule has 0 amide bonds. The van der Waals surface area contributed by atoms with Crippen molar-refractivity contribution in [3.05, 3.63) is 41.5 Å². The zero-order chi connectivity index (χ0) is 8.81. The van der Waals surface area contributed by atoms with Crippen LogP contribution in [0.2, 0.25) is 0 Å². The predicted molar refractivity (Wildman–Crippen MR) is 54.0 cm³/mol. The van der Waals surface area contributed by atoms with Crippen molar-refractivity contribution in [2.45, 2.75) is 0 Å². The van der Waals surface area contributed by atoms with E-state index in [2.05, 4.69) is 18.7 Å². The molecule has 0 aliphatic heterocycles. The summed E-state index contributed by atoms with van der Waals surface area (Å²) in [4.78, 5) is 0. The summed E-state index contributed by atoms with van der Waals surface area (Å²) in [5.74, 6) is 0.719. The number of nitriles is 1. The molecule has 1 aromatic rings. The molecular weight excluding hydrogens is 166 g/mol. The van der Waals surface area contributed by atoms with Gasteiger partial charge in [-0.3, -0.25) is 0 Å². The number of thiol groups is 1. The third-order valence-corrected chi connectivity index (χ3v) is 1.64. The molecule has 1 aromatic carbocycles. The monoisotopic (exact) mass is 175 g/mol. The largest absolute Gasteiger partial charge is 0.192 e. The first-order valence-corrected chi connectivity index (χ1v) is 4.27. The van der Waals surface area contributed by atoms with Crippen LogP contribution >= 0.6 is 12.6 Å².